The molecule has 1 aromatic carbocycles. The lowest BCUT2D eigenvalue weighted by Gasteiger charge is -2.60. The van der Waals surface area contributed by atoms with Gasteiger partial charge in [0.25, 0.3) is 0 Å². The van der Waals surface area contributed by atoms with E-state index in [1.165, 1.54) is 11.8 Å². The smallest absolute Gasteiger partial charge is 0.151 e. The largest absolute Gasteiger partial charge is 0.380 e. The van der Waals surface area contributed by atoms with E-state index in [-0.39, 0.29) is 12.0 Å². The maximum absolute atomic E-state index is 13.2. The number of nitrogens with zero attached hydrogens (tertiary/aromatic N) is 5. The molecule has 1 aromatic heterocycles. The molecule has 1 N–H and O–H groups in total. The summed E-state index contributed by atoms with van der Waals surface area (Å²) in [7, 11) is 0. The molecule has 1 saturated carbocycles. The van der Waals surface area contributed by atoms with Crippen LogP contribution in [0.2, 0.25) is 5.02 Å². The highest BCUT2D eigenvalue weighted by molar-refractivity contribution is 6.30. The van der Waals surface area contributed by atoms with Crippen LogP contribution in [0.3, 0.4) is 0 Å². The lowest BCUT2D eigenvalue weighted by Crippen LogP contribution is -2.66. The number of fused-ring (bicyclic) bond motifs is 3. The lowest BCUT2D eigenvalue weighted by molar-refractivity contribution is -0.0913. The number of aromatic nitrogens is 3. The highest BCUT2D eigenvalue weighted by Gasteiger charge is 2.55. The Balaban J connectivity index is 1.12. The van der Waals surface area contributed by atoms with Gasteiger partial charge in [-0.05, 0) is 60.6 Å². The van der Waals surface area contributed by atoms with Crippen LogP contribution >= 0.6 is 11.6 Å². The topological polar surface area (TPSA) is 58.5 Å². The number of hydrogen-bond acceptors (Lipinski definition) is 6. The van der Waals surface area contributed by atoms with Gasteiger partial charge in [0.2, 0.25) is 0 Å². The SMILES string of the molecule is FC1=CNC(N2CC3(CC(c4nnc5n4-c4ccc(Cl)cc4CN([C@H]4CCOC4)C5)C3)C2)C=C1. The minimum atomic E-state index is -0.219. The summed E-state index contributed by atoms with van der Waals surface area (Å²) in [5.74, 6) is 2.26. The fraction of sp³-hybridized carbons (Fsp3) is 0.520. The Morgan fingerprint density at radius 3 is 2.79 bits per heavy atom. The molecular formula is C25H28ClFN6O. The molecule has 1 unspecified atom stereocenters. The van der Waals surface area contributed by atoms with E-state index in [2.05, 4.69) is 36.9 Å². The average molecular weight is 483 g/mol. The third-order valence-electron chi connectivity index (χ3n) is 8.20. The maximum atomic E-state index is 13.2. The van der Waals surface area contributed by atoms with Crippen molar-refractivity contribution in [2.45, 2.75) is 50.5 Å². The summed E-state index contributed by atoms with van der Waals surface area (Å²) >= 11 is 6.41. The third kappa shape index (κ3) is 3.42. The van der Waals surface area contributed by atoms with Gasteiger partial charge in [0, 0.05) is 49.4 Å². The summed E-state index contributed by atoms with van der Waals surface area (Å²) in [4.78, 5) is 4.84. The zero-order valence-electron chi connectivity index (χ0n) is 19.0. The van der Waals surface area contributed by atoms with Crippen LogP contribution in [0.25, 0.3) is 5.69 Å². The van der Waals surface area contributed by atoms with Gasteiger partial charge >= 0.3 is 0 Å². The van der Waals surface area contributed by atoms with Crippen LogP contribution in [-0.2, 0) is 17.8 Å². The molecule has 4 aliphatic heterocycles. The number of likely N-dealkylation sites (tertiary alicyclic amines) is 1. The van der Waals surface area contributed by atoms with Crippen molar-refractivity contribution in [3.8, 4) is 5.69 Å². The van der Waals surface area contributed by atoms with Gasteiger partial charge in [-0.15, -0.1) is 10.2 Å². The molecule has 1 aliphatic carbocycles. The second kappa shape index (κ2) is 7.88. The summed E-state index contributed by atoms with van der Waals surface area (Å²) in [5, 5.41) is 13.3. The predicted octanol–water partition coefficient (Wildman–Crippen LogP) is 3.50. The van der Waals surface area contributed by atoms with Crippen molar-refractivity contribution in [3.05, 3.63) is 64.6 Å². The molecule has 0 amide bonds. The van der Waals surface area contributed by atoms with Crippen LogP contribution in [0, 0.1) is 5.41 Å². The number of halogens is 2. The monoisotopic (exact) mass is 482 g/mol. The van der Waals surface area contributed by atoms with Gasteiger partial charge in [0.05, 0.1) is 25.0 Å². The van der Waals surface area contributed by atoms with E-state index in [1.807, 2.05) is 12.1 Å². The van der Waals surface area contributed by atoms with Gasteiger partial charge < -0.3 is 10.1 Å². The van der Waals surface area contributed by atoms with Crippen molar-refractivity contribution in [2.75, 3.05) is 26.3 Å². The normalized spacial score (nSPS) is 28.5. The molecule has 5 heterocycles. The Morgan fingerprint density at radius 1 is 1.15 bits per heavy atom. The Kier molecular flexibility index (Phi) is 4.88. The Labute approximate surface area is 203 Å². The number of nitrogens with one attached hydrogen (secondary N) is 1. The van der Waals surface area contributed by atoms with E-state index >= 15 is 0 Å². The molecule has 0 radical (unpaired) electrons. The van der Waals surface area contributed by atoms with E-state index in [1.54, 1.807) is 6.08 Å². The number of dihydropyridines is 1. The number of allylic oxidation sites excluding steroid dienone is 2. The summed E-state index contributed by atoms with van der Waals surface area (Å²) in [6.45, 7) is 5.26. The molecular weight excluding hydrogens is 455 g/mol. The molecule has 7 rings (SSSR count). The number of rotatable bonds is 3. The van der Waals surface area contributed by atoms with E-state index in [0.29, 0.717) is 17.4 Å². The Morgan fingerprint density at radius 2 is 2.03 bits per heavy atom. The van der Waals surface area contributed by atoms with Crippen LogP contribution < -0.4 is 5.32 Å². The molecule has 9 heteroatoms. The standard InChI is InChI=1S/C25H28ClFN6O/c26-18-1-3-21-16(7-18)11-31(20-5-6-34-13-20)12-23-29-30-24(33(21)23)17-8-25(9-17)14-32(15-25)22-4-2-19(27)10-28-22/h1-4,7,10,17,20,22,28H,5-6,8-9,11-15H2/t20-,22?/m0/s1. The molecule has 178 valence electrons. The second-order valence-electron chi connectivity index (χ2n) is 10.5. The van der Waals surface area contributed by atoms with Crippen molar-refractivity contribution in [1.29, 1.82) is 0 Å². The van der Waals surface area contributed by atoms with Gasteiger partial charge in [0.1, 0.15) is 11.7 Å². The molecule has 1 spiro atoms. The second-order valence-corrected chi connectivity index (χ2v) is 11.0. The molecule has 2 atom stereocenters. The first kappa shape index (κ1) is 21.1. The minimum Gasteiger partial charge on any atom is -0.380 e. The first-order valence-corrected chi connectivity index (χ1v) is 12.5. The summed E-state index contributed by atoms with van der Waals surface area (Å²) < 4.78 is 21.2. The number of hydrogen-bond donors (Lipinski definition) is 1. The fourth-order valence-electron chi connectivity index (χ4n) is 6.50. The molecule has 34 heavy (non-hydrogen) atoms. The first-order valence-electron chi connectivity index (χ1n) is 12.2. The van der Waals surface area contributed by atoms with Crippen molar-refractivity contribution < 1.29 is 9.13 Å². The van der Waals surface area contributed by atoms with E-state index in [4.69, 9.17) is 21.4 Å². The first-order chi connectivity index (χ1) is 16.6. The van der Waals surface area contributed by atoms with Crippen LogP contribution in [0.1, 0.15) is 42.4 Å². The van der Waals surface area contributed by atoms with Crippen LogP contribution in [0.4, 0.5) is 4.39 Å². The minimum absolute atomic E-state index is 0.0933. The van der Waals surface area contributed by atoms with Crippen molar-refractivity contribution in [3.63, 3.8) is 0 Å². The van der Waals surface area contributed by atoms with Gasteiger partial charge in [-0.3, -0.25) is 14.4 Å². The zero-order chi connectivity index (χ0) is 22.9. The average Bonchev–Trinajstić information content (AvgIpc) is 3.41. The fourth-order valence-corrected chi connectivity index (χ4v) is 6.70. The van der Waals surface area contributed by atoms with E-state index in [9.17, 15) is 4.39 Å². The maximum Gasteiger partial charge on any atom is 0.151 e. The van der Waals surface area contributed by atoms with Crippen LogP contribution in [0.5, 0.6) is 0 Å². The molecule has 0 bridgehead atoms. The zero-order valence-corrected chi connectivity index (χ0v) is 19.7. The van der Waals surface area contributed by atoms with E-state index < -0.39 is 0 Å². The molecule has 3 fully saturated rings. The third-order valence-corrected chi connectivity index (χ3v) is 8.44. The molecule has 2 saturated heterocycles. The Hall–Kier alpha value is -2.26. The molecule has 2 aromatic rings. The van der Waals surface area contributed by atoms with Gasteiger partial charge in [0.15, 0.2) is 5.82 Å². The predicted molar refractivity (Wildman–Crippen MR) is 126 cm³/mol. The highest BCUT2D eigenvalue weighted by atomic mass is 35.5. The van der Waals surface area contributed by atoms with Crippen LogP contribution in [0.15, 0.2) is 42.4 Å². The van der Waals surface area contributed by atoms with Gasteiger partial charge in [-0.2, -0.15) is 0 Å². The summed E-state index contributed by atoms with van der Waals surface area (Å²) in [5.41, 5.74) is 2.72. The number of benzene rings is 1. The van der Waals surface area contributed by atoms with Crippen molar-refractivity contribution >= 4 is 11.6 Å². The highest BCUT2D eigenvalue weighted by Crippen LogP contribution is 2.56. The molecule has 7 nitrogen and oxygen atoms in total. The quantitative estimate of drug-likeness (QED) is 0.722. The van der Waals surface area contributed by atoms with Gasteiger partial charge in [-0.1, -0.05) is 11.6 Å². The Bertz CT molecular complexity index is 1170. The summed E-state index contributed by atoms with van der Waals surface area (Å²) in [6.07, 6.45) is 8.28. The van der Waals surface area contributed by atoms with Gasteiger partial charge in [-0.25, -0.2) is 4.39 Å². The van der Waals surface area contributed by atoms with E-state index in [0.717, 1.165) is 81.0 Å². The summed E-state index contributed by atoms with van der Waals surface area (Å²) in [6, 6.07) is 6.58. The van der Waals surface area contributed by atoms with Crippen molar-refractivity contribution in [2.24, 2.45) is 5.41 Å². The molecule has 5 aliphatic rings. The van der Waals surface area contributed by atoms with Crippen LogP contribution in [-0.4, -0.2) is 63.1 Å². The lowest BCUT2D eigenvalue weighted by atomic mass is 9.57. The van der Waals surface area contributed by atoms with Crippen molar-refractivity contribution in [1.82, 2.24) is 29.9 Å². The number of ether oxygens (including phenoxy) is 1.